The van der Waals surface area contributed by atoms with E-state index in [4.69, 9.17) is 10.4 Å². The number of fused-ring (bicyclic) bond motifs is 1. The van der Waals surface area contributed by atoms with Gasteiger partial charge in [0.2, 0.25) is 0 Å². The molecule has 0 aliphatic rings. The van der Waals surface area contributed by atoms with E-state index in [-0.39, 0.29) is 0 Å². The smallest absolute Gasteiger partial charge is 0.197 e. The molecule has 0 aliphatic carbocycles. The molecule has 0 unspecified atom stereocenters. The molecule has 0 aliphatic heterocycles. The number of para-hydroxylation sites is 1. The average molecular weight is 302 g/mol. The van der Waals surface area contributed by atoms with Crippen LogP contribution in [0.25, 0.3) is 27.3 Å². The lowest BCUT2D eigenvalue weighted by Crippen LogP contribution is -1.97. The van der Waals surface area contributed by atoms with E-state index in [1.807, 2.05) is 60.7 Å². The van der Waals surface area contributed by atoms with Crippen LogP contribution in [0.2, 0.25) is 0 Å². The summed E-state index contributed by atoms with van der Waals surface area (Å²) in [7, 11) is 0. The highest BCUT2D eigenvalue weighted by Crippen LogP contribution is 2.33. The summed E-state index contributed by atoms with van der Waals surface area (Å²) in [6, 6.07) is 21.9. The van der Waals surface area contributed by atoms with Crippen molar-refractivity contribution in [1.82, 2.24) is 14.8 Å². The molecule has 4 rings (SSSR count). The Bertz CT molecular complexity index is 906. The van der Waals surface area contributed by atoms with E-state index in [9.17, 15) is 0 Å². The third-order valence-electron chi connectivity index (χ3n) is 3.37. The van der Waals surface area contributed by atoms with Crippen molar-refractivity contribution in [3.63, 3.8) is 0 Å². The quantitative estimate of drug-likeness (QED) is 0.562. The SMILES string of the molecule is N#Cc1nc2c(s1)c(-c1ccccc1)nn2-c1ccccc1. The summed E-state index contributed by atoms with van der Waals surface area (Å²) in [6.45, 7) is 0. The topological polar surface area (TPSA) is 54.5 Å². The number of rotatable bonds is 2. The molecule has 0 bridgehead atoms. The molecule has 2 aromatic carbocycles. The first-order chi connectivity index (χ1) is 10.9. The molecule has 4 aromatic rings. The van der Waals surface area contributed by atoms with Crippen LogP contribution in [0.1, 0.15) is 5.01 Å². The number of nitriles is 1. The van der Waals surface area contributed by atoms with Crippen molar-refractivity contribution in [1.29, 1.82) is 5.26 Å². The Morgan fingerprint density at radius 3 is 2.32 bits per heavy atom. The summed E-state index contributed by atoms with van der Waals surface area (Å²) < 4.78 is 2.74. The molecular formula is C17H10N4S. The van der Waals surface area contributed by atoms with E-state index < -0.39 is 0 Å². The minimum absolute atomic E-state index is 0.453. The van der Waals surface area contributed by atoms with Crippen LogP contribution in [0, 0.1) is 11.3 Å². The summed E-state index contributed by atoms with van der Waals surface area (Å²) in [5.41, 5.74) is 3.55. The maximum absolute atomic E-state index is 9.15. The Morgan fingerprint density at radius 1 is 0.955 bits per heavy atom. The summed E-state index contributed by atoms with van der Waals surface area (Å²) in [4.78, 5) is 4.41. The van der Waals surface area contributed by atoms with E-state index in [1.54, 1.807) is 4.68 Å². The van der Waals surface area contributed by atoms with E-state index >= 15 is 0 Å². The Morgan fingerprint density at radius 2 is 1.64 bits per heavy atom. The summed E-state index contributed by atoms with van der Waals surface area (Å²) in [5, 5.41) is 14.3. The molecule has 104 valence electrons. The summed E-state index contributed by atoms with van der Waals surface area (Å²) in [6.07, 6.45) is 0. The summed E-state index contributed by atoms with van der Waals surface area (Å²) in [5.74, 6) is 0. The van der Waals surface area contributed by atoms with Gasteiger partial charge in [-0.2, -0.15) is 10.4 Å². The Kier molecular flexibility index (Phi) is 2.95. The fourth-order valence-electron chi connectivity index (χ4n) is 2.38. The second-order valence-electron chi connectivity index (χ2n) is 4.75. The molecule has 22 heavy (non-hydrogen) atoms. The van der Waals surface area contributed by atoms with Gasteiger partial charge in [-0.25, -0.2) is 9.67 Å². The first-order valence-corrected chi connectivity index (χ1v) is 7.59. The van der Waals surface area contributed by atoms with Crippen LogP contribution in [0.4, 0.5) is 0 Å². The second-order valence-corrected chi connectivity index (χ2v) is 5.74. The van der Waals surface area contributed by atoms with Gasteiger partial charge < -0.3 is 0 Å². The van der Waals surface area contributed by atoms with Gasteiger partial charge in [-0.3, -0.25) is 0 Å². The largest absolute Gasteiger partial charge is 0.213 e. The molecule has 0 atom stereocenters. The molecule has 4 nitrogen and oxygen atoms in total. The van der Waals surface area contributed by atoms with Crippen molar-refractivity contribution in [3.05, 3.63) is 65.7 Å². The van der Waals surface area contributed by atoms with Gasteiger partial charge in [0, 0.05) is 5.56 Å². The predicted octanol–water partition coefficient (Wildman–Crippen LogP) is 4.02. The Hall–Kier alpha value is -2.97. The van der Waals surface area contributed by atoms with Crippen molar-refractivity contribution in [2.45, 2.75) is 0 Å². The van der Waals surface area contributed by atoms with Gasteiger partial charge in [0.05, 0.1) is 5.69 Å². The molecule has 0 saturated carbocycles. The number of thiazole rings is 1. The van der Waals surface area contributed by atoms with Crippen LogP contribution in [0.15, 0.2) is 60.7 Å². The Balaban J connectivity index is 2.03. The first kappa shape index (κ1) is 12.7. The molecule has 2 aromatic heterocycles. The van der Waals surface area contributed by atoms with Crippen LogP contribution in [-0.4, -0.2) is 14.8 Å². The number of hydrogen-bond acceptors (Lipinski definition) is 4. The lowest BCUT2D eigenvalue weighted by molar-refractivity contribution is 0.901. The van der Waals surface area contributed by atoms with E-state index in [0.717, 1.165) is 27.3 Å². The second kappa shape index (κ2) is 5.10. The zero-order valence-electron chi connectivity index (χ0n) is 11.5. The van der Waals surface area contributed by atoms with Crippen molar-refractivity contribution in [2.24, 2.45) is 0 Å². The molecule has 0 N–H and O–H groups in total. The van der Waals surface area contributed by atoms with Crippen LogP contribution in [-0.2, 0) is 0 Å². The monoisotopic (exact) mass is 302 g/mol. The molecule has 0 amide bonds. The average Bonchev–Trinajstić information content (AvgIpc) is 3.15. The zero-order valence-corrected chi connectivity index (χ0v) is 12.3. The molecular weight excluding hydrogens is 292 g/mol. The predicted molar refractivity (Wildman–Crippen MR) is 86.9 cm³/mol. The van der Waals surface area contributed by atoms with Gasteiger partial charge in [-0.05, 0) is 12.1 Å². The number of hydrogen-bond donors (Lipinski definition) is 0. The van der Waals surface area contributed by atoms with Gasteiger partial charge in [0.1, 0.15) is 16.5 Å². The molecule has 2 heterocycles. The highest BCUT2D eigenvalue weighted by atomic mass is 32.1. The standard InChI is InChI=1S/C17H10N4S/c18-11-14-19-17-16(22-14)15(12-7-3-1-4-8-12)20-21(17)13-9-5-2-6-10-13/h1-10H. The third kappa shape index (κ3) is 1.98. The molecule has 0 fully saturated rings. The van der Waals surface area contributed by atoms with Crippen molar-refractivity contribution in [2.75, 3.05) is 0 Å². The third-order valence-corrected chi connectivity index (χ3v) is 4.32. The van der Waals surface area contributed by atoms with Crippen LogP contribution in [0.5, 0.6) is 0 Å². The van der Waals surface area contributed by atoms with Gasteiger partial charge in [0.15, 0.2) is 10.7 Å². The number of aromatic nitrogens is 3. The van der Waals surface area contributed by atoms with Crippen molar-refractivity contribution >= 4 is 21.7 Å². The van der Waals surface area contributed by atoms with Crippen LogP contribution < -0.4 is 0 Å². The lowest BCUT2D eigenvalue weighted by Gasteiger charge is -2.00. The highest BCUT2D eigenvalue weighted by molar-refractivity contribution is 7.19. The normalized spacial score (nSPS) is 10.7. The van der Waals surface area contributed by atoms with Gasteiger partial charge in [-0.1, -0.05) is 59.9 Å². The first-order valence-electron chi connectivity index (χ1n) is 6.77. The van der Waals surface area contributed by atoms with Gasteiger partial charge in [0.25, 0.3) is 0 Å². The maximum atomic E-state index is 9.15. The fraction of sp³-hybridized carbons (Fsp3) is 0. The molecule has 0 radical (unpaired) electrons. The van der Waals surface area contributed by atoms with E-state index in [1.165, 1.54) is 11.3 Å². The minimum Gasteiger partial charge on any atom is -0.213 e. The Labute approximate surface area is 130 Å². The zero-order chi connectivity index (χ0) is 14.9. The van der Waals surface area contributed by atoms with Crippen LogP contribution in [0.3, 0.4) is 0 Å². The van der Waals surface area contributed by atoms with E-state index in [2.05, 4.69) is 11.1 Å². The molecule has 0 spiro atoms. The molecule has 0 saturated heterocycles. The minimum atomic E-state index is 0.453. The highest BCUT2D eigenvalue weighted by Gasteiger charge is 2.18. The lowest BCUT2D eigenvalue weighted by atomic mass is 10.2. The molecule has 5 heteroatoms. The maximum Gasteiger partial charge on any atom is 0.197 e. The van der Waals surface area contributed by atoms with Gasteiger partial charge >= 0.3 is 0 Å². The number of benzene rings is 2. The van der Waals surface area contributed by atoms with Crippen molar-refractivity contribution < 1.29 is 0 Å². The van der Waals surface area contributed by atoms with E-state index in [0.29, 0.717) is 5.01 Å². The van der Waals surface area contributed by atoms with Crippen LogP contribution >= 0.6 is 11.3 Å². The fourth-order valence-corrected chi connectivity index (χ4v) is 3.23. The summed E-state index contributed by atoms with van der Waals surface area (Å²) >= 11 is 1.38. The van der Waals surface area contributed by atoms with Gasteiger partial charge in [-0.15, -0.1) is 0 Å². The number of nitrogens with zero attached hydrogens (tertiary/aromatic N) is 4. The van der Waals surface area contributed by atoms with Crippen molar-refractivity contribution in [3.8, 4) is 23.0 Å².